The van der Waals surface area contributed by atoms with Crippen molar-refractivity contribution in [3.63, 3.8) is 0 Å². The van der Waals surface area contributed by atoms with E-state index in [1.807, 2.05) is 78.5 Å². The van der Waals surface area contributed by atoms with Crippen LogP contribution < -0.4 is 10.6 Å². The number of nitrogens with two attached hydrogens (primary N) is 1. The summed E-state index contributed by atoms with van der Waals surface area (Å²) in [7, 11) is 3.94. The van der Waals surface area contributed by atoms with Crippen LogP contribution in [0.5, 0.6) is 0 Å². The molecule has 0 unspecified atom stereocenters. The van der Waals surface area contributed by atoms with Gasteiger partial charge in [0.1, 0.15) is 0 Å². The maximum atomic E-state index is 13.1. The van der Waals surface area contributed by atoms with Crippen molar-refractivity contribution in [1.82, 2.24) is 14.7 Å². The van der Waals surface area contributed by atoms with Gasteiger partial charge < -0.3 is 15.5 Å². The molecule has 1 aromatic heterocycles. The molecule has 2 N–H and O–H groups in total. The molecule has 1 saturated heterocycles. The molecule has 7 heteroatoms. The molecular formula is C24H27N5O2. The molecule has 1 atom stereocenters. The van der Waals surface area contributed by atoms with Gasteiger partial charge in [-0.05, 0) is 49.2 Å². The highest BCUT2D eigenvalue weighted by Gasteiger charge is 2.30. The van der Waals surface area contributed by atoms with Crippen LogP contribution in [0.15, 0.2) is 60.8 Å². The second kappa shape index (κ2) is 8.63. The van der Waals surface area contributed by atoms with Gasteiger partial charge in [0.15, 0.2) is 0 Å². The number of amides is 2. The topological polar surface area (TPSA) is 84.5 Å². The Labute approximate surface area is 182 Å². The van der Waals surface area contributed by atoms with E-state index < -0.39 is 5.91 Å². The van der Waals surface area contributed by atoms with Crippen LogP contribution in [0.3, 0.4) is 0 Å². The standard InChI is InChI=1S/C24H27N5O2/c1-27(2)19-12-10-17(11-13-19)24(31)28-14-6-7-18(15-28)22-21(23(25)30)16-29(26-22)20-8-4-3-5-9-20/h3-5,8-13,16,18H,6-7,14-15H2,1-2H3,(H2,25,30)/t18-/m1/s1. The number of anilines is 1. The third-order valence-corrected chi connectivity index (χ3v) is 5.75. The summed E-state index contributed by atoms with van der Waals surface area (Å²) < 4.78 is 1.69. The molecule has 4 rings (SSSR count). The Morgan fingerprint density at radius 3 is 2.42 bits per heavy atom. The molecule has 0 spiro atoms. The number of piperidine rings is 1. The third kappa shape index (κ3) is 4.30. The third-order valence-electron chi connectivity index (χ3n) is 5.75. The molecular weight excluding hydrogens is 390 g/mol. The minimum Gasteiger partial charge on any atom is -0.378 e. The van der Waals surface area contributed by atoms with Crippen molar-refractivity contribution in [2.24, 2.45) is 5.73 Å². The van der Waals surface area contributed by atoms with Crippen LogP contribution in [0.2, 0.25) is 0 Å². The van der Waals surface area contributed by atoms with E-state index in [2.05, 4.69) is 0 Å². The maximum Gasteiger partial charge on any atom is 0.253 e. The summed E-state index contributed by atoms with van der Waals surface area (Å²) in [4.78, 5) is 29.1. The Bertz CT molecular complexity index is 1070. The van der Waals surface area contributed by atoms with Crippen LogP contribution in [0.25, 0.3) is 5.69 Å². The molecule has 0 aliphatic carbocycles. The van der Waals surface area contributed by atoms with Crippen LogP contribution in [0.1, 0.15) is 45.2 Å². The lowest BCUT2D eigenvalue weighted by atomic mass is 9.92. The van der Waals surface area contributed by atoms with Crippen molar-refractivity contribution < 1.29 is 9.59 Å². The number of benzene rings is 2. The molecule has 1 fully saturated rings. The van der Waals surface area contributed by atoms with Crippen molar-refractivity contribution in [2.45, 2.75) is 18.8 Å². The van der Waals surface area contributed by atoms with Gasteiger partial charge in [-0.1, -0.05) is 18.2 Å². The first-order chi connectivity index (χ1) is 14.9. The van der Waals surface area contributed by atoms with E-state index in [-0.39, 0.29) is 11.8 Å². The second-order valence-electron chi connectivity index (χ2n) is 8.10. The monoisotopic (exact) mass is 417 g/mol. The zero-order valence-corrected chi connectivity index (χ0v) is 17.9. The van der Waals surface area contributed by atoms with Crippen molar-refractivity contribution in [3.8, 4) is 5.69 Å². The number of para-hydroxylation sites is 1. The Morgan fingerprint density at radius 2 is 1.77 bits per heavy atom. The van der Waals surface area contributed by atoms with Crippen molar-refractivity contribution in [1.29, 1.82) is 0 Å². The molecule has 1 aliphatic rings. The quantitative estimate of drug-likeness (QED) is 0.692. The van der Waals surface area contributed by atoms with Gasteiger partial charge >= 0.3 is 0 Å². The first-order valence-electron chi connectivity index (χ1n) is 10.5. The molecule has 1 aliphatic heterocycles. The number of hydrogen-bond acceptors (Lipinski definition) is 4. The van der Waals surface area contributed by atoms with Crippen LogP contribution in [0, 0.1) is 0 Å². The van der Waals surface area contributed by atoms with E-state index >= 15 is 0 Å². The van der Waals surface area contributed by atoms with E-state index in [1.165, 1.54) is 0 Å². The van der Waals surface area contributed by atoms with E-state index in [4.69, 9.17) is 10.8 Å². The zero-order chi connectivity index (χ0) is 22.0. The summed E-state index contributed by atoms with van der Waals surface area (Å²) in [5.41, 5.74) is 9.31. The molecule has 0 saturated carbocycles. The van der Waals surface area contributed by atoms with Crippen molar-refractivity contribution in [3.05, 3.63) is 77.6 Å². The van der Waals surface area contributed by atoms with E-state index in [9.17, 15) is 9.59 Å². The first-order valence-corrected chi connectivity index (χ1v) is 10.5. The zero-order valence-electron chi connectivity index (χ0n) is 17.9. The first kappa shape index (κ1) is 20.7. The van der Waals surface area contributed by atoms with Crippen molar-refractivity contribution in [2.75, 3.05) is 32.1 Å². The van der Waals surface area contributed by atoms with Crippen LogP contribution in [-0.4, -0.2) is 53.7 Å². The number of carbonyl (C=O) groups excluding carboxylic acids is 2. The minimum absolute atomic E-state index is 0.00174. The van der Waals surface area contributed by atoms with Gasteiger partial charge in [-0.3, -0.25) is 9.59 Å². The Hall–Kier alpha value is -3.61. The molecule has 31 heavy (non-hydrogen) atoms. The fourth-order valence-electron chi connectivity index (χ4n) is 4.06. The predicted octanol–water partition coefficient (Wildman–Crippen LogP) is 3.06. The smallest absolute Gasteiger partial charge is 0.253 e. The number of carbonyl (C=O) groups is 2. The van der Waals surface area contributed by atoms with Gasteiger partial charge in [-0.2, -0.15) is 5.10 Å². The summed E-state index contributed by atoms with van der Waals surface area (Å²) >= 11 is 0. The number of aromatic nitrogens is 2. The molecule has 7 nitrogen and oxygen atoms in total. The maximum absolute atomic E-state index is 13.1. The summed E-state index contributed by atoms with van der Waals surface area (Å²) in [6.45, 7) is 1.20. The molecule has 0 bridgehead atoms. The number of primary amides is 1. The number of likely N-dealkylation sites (tertiary alicyclic amines) is 1. The SMILES string of the molecule is CN(C)c1ccc(C(=O)N2CCC[C@@H](c3nn(-c4ccccc4)cc3C(N)=O)C2)cc1. The lowest BCUT2D eigenvalue weighted by molar-refractivity contribution is 0.0705. The largest absolute Gasteiger partial charge is 0.378 e. The lowest BCUT2D eigenvalue weighted by Gasteiger charge is -2.32. The number of hydrogen-bond donors (Lipinski definition) is 1. The summed E-state index contributed by atoms with van der Waals surface area (Å²) in [6, 6.07) is 17.2. The molecule has 2 aromatic carbocycles. The van der Waals surface area contributed by atoms with Gasteiger partial charge in [0.05, 0.1) is 16.9 Å². The predicted molar refractivity (Wildman–Crippen MR) is 121 cm³/mol. The number of nitrogens with zero attached hydrogens (tertiary/aromatic N) is 4. The average Bonchev–Trinajstić information content (AvgIpc) is 3.25. The van der Waals surface area contributed by atoms with Gasteiger partial charge in [0, 0.05) is 50.6 Å². The van der Waals surface area contributed by atoms with Gasteiger partial charge in [-0.15, -0.1) is 0 Å². The van der Waals surface area contributed by atoms with E-state index in [0.717, 1.165) is 24.2 Å². The highest BCUT2D eigenvalue weighted by Crippen LogP contribution is 2.30. The van der Waals surface area contributed by atoms with Gasteiger partial charge in [0.25, 0.3) is 11.8 Å². The normalized spacial score (nSPS) is 16.2. The lowest BCUT2D eigenvalue weighted by Crippen LogP contribution is -2.39. The Kier molecular flexibility index (Phi) is 5.75. The number of rotatable bonds is 5. The summed E-state index contributed by atoms with van der Waals surface area (Å²) in [5, 5.41) is 4.70. The van der Waals surface area contributed by atoms with Gasteiger partial charge in [-0.25, -0.2) is 4.68 Å². The molecule has 160 valence electrons. The Balaban J connectivity index is 1.57. The minimum atomic E-state index is -0.500. The fraction of sp³-hybridized carbons (Fsp3) is 0.292. The molecule has 2 amide bonds. The fourth-order valence-corrected chi connectivity index (χ4v) is 4.06. The van der Waals surface area contributed by atoms with Crippen LogP contribution >= 0.6 is 0 Å². The Morgan fingerprint density at radius 1 is 1.06 bits per heavy atom. The highest BCUT2D eigenvalue weighted by molar-refractivity contribution is 5.95. The molecule has 3 aromatic rings. The van der Waals surface area contributed by atoms with Gasteiger partial charge in [0.2, 0.25) is 0 Å². The molecule has 0 radical (unpaired) electrons. The van der Waals surface area contributed by atoms with E-state index in [0.29, 0.717) is 29.9 Å². The van der Waals surface area contributed by atoms with E-state index in [1.54, 1.807) is 10.9 Å². The van der Waals surface area contributed by atoms with Crippen molar-refractivity contribution >= 4 is 17.5 Å². The average molecular weight is 418 g/mol. The second-order valence-corrected chi connectivity index (χ2v) is 8.10. The summed E-state index contributed by atoms with van der Waals surface area (Å²) in [6.07, 6.45) is 3.39. The van der Waals surface area contributed by atoms with Crippen LogP contribution in [0.4, 0.5) is 5.69 Å². The molecule has 2 heterocycles. The summed E-state index contributed by atoms with van der Waals surface area (Å²) in [5.74, 6) is -0.538. The van der Waals surface area contributed by atoms with Crippen LogP contribution in [-0.2, 0) is 0 Å². The highest BCUT2D eigenvalue weighted by atomic mass is 16.2.